The van der Waals surface area contributed by atoms with E-state index in [1.807, 2.05) is 24.3 Å². The van der Waals surface area contributed by atoms with Crippen LogP contribution < -0.4 is 10.1 Å². The van der Waals surface area contributed by atoms with E-state index in [9.17, 15) is 14.9 Å². The smallest absolute Gasteiger partial charge is 0.234 e. The van der Waals surface area contributed by atoms with Gasteiger partial charge in [-0.1, -0.05) is 84.0 Å². The number of amides is 1. The number of Topliss-reactive ketones (excluding diaryl/α,β-unsaturated/α-hetero) is 1. The number of allylic oxidation sites excluding steroid dienone is 1. The number of carbonyl (C=O) groups is 2. The first-order valence-corrected chi connectivity index (χ1v) is 12.9. The summed E-state index contributed by atoms with van der Waals surface area (Å²) < 4.78 is 5.38. The largest absolute Gasteiger partial charge is 0.495 e. The fraction of sp³-hybridized carbons (Fsp3) is 0.172. The van der Waals surface area contributed by atoms with E-state index in [1.165, 1.54) is 18.9 Å². The molecule has 0 spiro atoms. The Bertz CT molecular complexity index is 1430. The maximum atomic E-state index is 13.7. The average molecular weight is 530 g/mol. The van der Waals surface area contributed by atoms with E-state index >= 15 is 0 Å². The number of rotatable bonds is 8. The van der Waals surface area contributed by atoms with Crippen LogP contribution in [0.4, 0.5) is 5.69 Å². The predicted molar refractivity (Wildman–Crippen MR) is 148 cm³/mol. The molecular formula is C29H24ClN3O3S. The monoisotopic (exact) mass is 529 g/mol. The van der Waals surface area contributed by atoms with E-state index in [4.69, 9.17) is 16.3 Å². The topological polar surface area (TPSA) is 91.5 Å². The Morgan fingerprint density at radius 2 is 1.73 bits per heavy atom. The molecule has 0 fully saturated rings. The number of halogens is 1. The van der Waals surface area contributed by atoms with E-state index < -0.39 is 11.8 Å². The van der Waals surface area contributed by atoms with E-state index in [0.29, 0.717) is 43.9 Å². The summed E-state index contributed by atoms with van der Waals surface area (Å²) in [6.45, 7) is 1.75. The van der Waals surface area contributed by atoms with Crippen molar-refractivity contribution < 1.29 is 14.3 Å². The Balaban J connectivity index is 1.71. The van der Waals surface area contributed by atoms with Crippen molar-refractivity contribution in [1.29, 1.82) is 5.26 Å². The summed E-state index contributed by atoms with van der Waals surface area (Å²) in [4.78, 5) is 31.1. The molecule has 186 valence electrons. The third kappa shape index (κ3) is 5.77. The van der Waals surface area contributed by atoms with Gasteiger partial charge in [-0.15, -0.1) is 0 Å². The number of nitriles is 1. The number of nitrogens with zero attached hydrogens (tertiary/aromatic N) is 2. The van der Waals surface area contributed by atoms with Gasteiger partial charge in [0, 0.05) is 22.2 Å². The summed E-state index contributed by atoms with van der Waals surface area (Å²) in [7, 11) is 1.53. The number of nitrogens with one attached hydrogen (secondary N) is 1. The van der Waals surface area contributed by atoms with Crippen molar-refractivity contribution >= 4 is 46.5 Å². The Kier molecular flexibility index (Phi) is 8.44. The molecule has 1 aliphatic heterocycles. The molecule has 0 saturated carbocycles. The highest BCUT2D eigenvalue weighted by Gasteiger charge is 2.40. The maximum absolute atomic E-state index is 13.7. The van der Waals surface area contributed by atoms with Crippen LogP contribution in [0.15, 0.2) is 94.5 Å². The highest BCUT2D eigenvalue weighted by molar-refractivity contribution is 8.03. The molecule has 4 rings (SSSR count). The van der Waals surface area contributed by atoms with Crippen LogP contribution in [0.2, 0.25) is 5.02 Å². The lowest BCUT2D eigenvalue weighted by Gasteiger charge is -2.31. The number of anilines is 1. The van der Waals surface area contributed by atoms with Gasteiger partial charge in [-0.2, -0.15) is 5.26 Å². The van der Waals surface area contributed by atoms with Crippen molar-refractivity contribution in [3.05, 3.63) is 106 Å². The van der Waals surface area contributed by atoms with Crippen molar-refractivity contribution in [1.82, 2.24) is 0 Å². The van der Waals surface area contributed by atoms with Crippen LogP contribution in [-0.4, -0.2) is 30.3 Å². The number of hydrogen-bond donors (Lipinski definition) is 1. The number of ketones is 1. The Morgan fingerprint density at radius 3 is 2.43 bits per heavy atom. The van der Waals surface area contributed by atoms with Gasteiger partial charge in [0.05, 0.1) is 36.1 Å². The molecule has 3 aromatic rings. The van der Waals surface area contributed by atoms with Crippen LogP contribution in [0.1, 0.15) is 28.8 Å². The molecule has 0 aromatic heterocycles. The van der Waals surface area contributed by atoms with Crippen molar-refractivity contribution in [2.75, 3.05) is 18.2 Å². The SMILES string of the molecule is COc1ccccc1NC(=O)C1C(C)=NC(SCC(=O)c2ccccc2)=C(C#N)[C@H]1c1ccccc1Cl. The summed E-state index contributed by atoms with van der Waals surface area (Å²) in [5.41, 5.74) is 2.55. The fourth-order valence-corrected chi connectivity index (χ4v) is 5.49. The Hall–Kier alpha value is -3.86. The zero-order valence-electron chi connectivity index (χ0n) is 20.3. The van der Waals surface area contributed by atoms with Gasteiger partial charge in [0.15, 0.2) is 5.78 Å². The second-order valence-corrected chi connectivity index (χ2v) is 9.70. The van der Waals surface area contributed by atoms with Crippen molar-refractivity contribution in [3.63, 3.8) is 0 Å². The van der Waals surface area contributed by atoms with Gasteiger partial charge in [0.25, 0.3) is 0 Å². The van der Waals surface area contributed by atoms with Gasteiger partial charge in [0.2, 0.25) is 5.91 Å². The summed E-state index contributed by atoms with van der Waals surface area (Å²) in [5, 5.41) is 14.0. The van der Waals surface area contributed by atoms with Crippen LogP contribution >= 0.6 is 23.4 Å². The van der Waals surface area contributed by atoms with Crippen LogP contribution in [-0.2, 0) is 4.79 Å². The molecular weight excluding hydrogens is 506 g/mol. The van der Waals surface area contributed by atoms with Crippen LogP contribution in [0.25, 0.3) is 0 Å². The number of methoxy groups -OCH3 is 1. The molecule has 1 aliphatic rings. The minimum Gasteiger partial charge on any atom is -0.495 e. The summed E-state index contributed by atoms with van der Waals surface area (Å²) in [6, 6.07) is 25.5. The van der Waals surface area contributed by atoms with Crippen molar-refractivity contribution in [3.8, 4) is 11.8 Å². The molecule has 1 heterocycles. The summed E-state index contributed by atoms with van der Waals surface area (Å²) in [6.07, 6.45) is 0. The first-order chi connectivity index (χ1) is 17.9. The number of aliphatic imine (C=N–C) groups is 1. The fourth-order valence-electron chi connectivity index (χ4n) is 4.26. The van der Waals surface area contributed by atoms with Gasteiger partial charge < -0.3 is 10.1 Å². The highest BCUT2D eigenvalue weighted by atomic mass is 35.5. The van der Waals surface area contributed by atoms with E-state index in [1.54, 1.807) is 61.5 Å². The number of carbonyl (C=O) groups excluding carboxylic acids is 2. The third-order valence-corrected chi connectivity index (χ3v) is 7.38. The highest BCUT2D eigenvalue weighted by Crippen LogP contribution is 2.44. The Labute approximate surface area is 225 Å². The van der Waals surface area contributed by atoms with Crippen LogP contribution in [0.5, 0.6) is 5.75 Å². The molecule has 1 amide bonds. The number of para-hydroxylation sites is 2. The molecule has 0 saturated heterocycles. The van der Waals surface area contributed by atoms with Gasteiger partial charge in [0.1, 0.15) is 10.8 Å². The van der Waals surface area contributed by atoms with E-state index in [2.05, 4.69) is 16.4 Å². The normalized spacial score (nSPS) is 17.0. The lowest BCUT2D eigenvalue weighted by Crippen LogP contribution is -2.36. The molecule has 1 unspecified atom stereocenters. The van der Waals surface area contributed by atoms with Gasteiger partial charge in [-0.05, 0) is 30.7 Å². The van der Waals surface area contributed by atoms with Crippen LogP contribution in [0.3, 0.4) is 0 Å². The first-order valence-electron chi connectivity index (χ1n) is 11.5. The van der Waals surface area contributed by atoms with E-state index in [-0.39, 0.29) is 17.4 Å². The number of ether oxygens (including phenoxy) is 1. The molecule has 3 aromatic carbocycles. The minimum absolute atomic E-state index is 0.0754. The second-order valence-electron chi connectivity index (χ2n) is 8.33. The predicted octanol–water partition coefficient (Wildman–Crippen LogP) is 6.51. The third-order valence-electron chi connectivity index (χ3n) is 6.05. The first kappa shape index (κ1) is 26.2. The number of benzene rings is 3. The van der Waals surface area contributed by atoms with Gasteiger partial charge >= 0.3 is 0 Å². The quantitative estimate of drug-likeness (QED) is 0.336. The van der Waals surface area contributed by atoms with Crippen molar-refractivity contribution in [2.45, 2.75) is 12.8 Å². The zero-order chi connectivity index (χ0) is 26.4. The molecule has 6 nitrogen and oxygen atoms in total. The molecule has 0 bridgehead atoms. The van der Waals surface area contributed by atoms with Gasteiger partial charge in [-0.25, -0.2) is 4.99 Å². The maximum Gasteiger partial charge on any atom is 0.234 e. The van der Waals surface area contributed by atoms with E-state index in [0.717, 1.165) is 0 Å². The lowest BCUT2D eigenvalue weighted by atomic mass is 9.76. The minimum atomic E-state index is -0.798. The van der Waals surface area contributed by atoms with Crippen LogP contribution in [0, 0.1) is 17.2 Å². The summed E-state index contributed by atoms with van der Waals surface area (Å²) >= 11 is 7.77. The molecule has 0 radical (unpaired) electrons. The number of thioether (sulfide) groups is 1. The lowest BCUT2D eigenvalue weighted by molar-refractivity contribution is -0.118. The number of hydrogen-bond acceptors (Lipinski definition) is 6. The molecule has 37 heavy (non-hydrogen) atoms. The molecule has 2 atom stereocenters. The second kappa shape index (κ2) is 11.9. The molecule has 0 aliphatic carbocycles. The summed E-state index contributed by atoms with van der Waals surface area (Å²) in [5.74, 6) is -1.27. The Morgan fingerprint density at radius 1 is 1.05 bits per heavy atom. The molecule has 8 heteroatoms. The zero-order valence-corrected chi connectivity index (χ0v) is 21.8. The van der Waals surface area contributed by atoms with Gasteiger partial charge in [-0.3, -0.25) is 9.59 Å². The standard InChI is InChI=1S/C29H24ClN3O3S/c1-18-26(28(35)33-23-14-8-9-15-25(23)36-2)27(20-12-6-7-13-22(20)30)21(16-31)29(32-18)37-17-24(34)19-10-4-3-5-11-19/h3-15,26-27H,17H2,1-2H3,(H,33,35)/t26?,27-/m1/s1. The van der Waals surface area contributed by atoms with Crippen molar-refractivity contribution in [2.24, 2.45) is 10.9 Å². The molecule has 1 N–H and O–H groups in total. The average Bonchev–Trinajstić information content (AvgIpc) is 2.92.